The molecule has 1 rings (SSSR count). The maximum atomic E-state index is 12.2. The van der Waals surface area contributed by atoms with Crippen LogP contribution in [0, 0.1) is 5.92 Å². The molecule has 0 spiro atoms. The van der Waals surface area contributed by atoms with Gasteiger partial charge in [-0.05, 0) is 25.2 Å². The second-order valence-corrected chi connectivity index (χ2v) is 5.73. The summed E-state index contributed by atoms with van der Waals surface area (Å²) in [7, 11) is 0. The molecule has 0 saturated heterocycles. The molecule has 1 saturated carbocycles. The first-order valence-corrected chi connectivity index (χ1v) is 6.85. The zero-order chi connectivity index (χ0) is 15.3. The quantitative estimate of drug-likeness (QED) is 0.532. The third kappa shape index (κ3) is 4.48. The van der Waals surface area contributed by atoms with Gasteiger partial charge in [0.05, 0.1) is 5.54 Å². The fourth-order valence-corrected chi connectivity index (χ4v) is 2.64. The number of hydrogen-bond donors (Lipinski definition) is 4. The number of nitrogens with two attached hydrogens (primary N) is 2. The minimum atomic E-state index is -1.19. The highest BCUT2D eigenvalue weighted by molar-refractivity contribution is 5.90. The third-order valence-corrected chi connectivity index (χ3v) is 3.77. The Morgan fingerprint density at radius 3 is 2.60 bits per heavy atom. The van der Waals surface area contributed by atoms with E-state index < -0.39 is 29.4 Å². The number of carbonyl (C=O) groups excluding carboxylic acids is 2. The zero-order valence-corrected chi connectivity index (χ0v) is 11.7. The third-order valence-electron chi connectivity index (χ3n) is 3.77. The van der Waals surface area contributed by atoms with Crippen LogP contribution in [0.4, 0.5) is 0 Å². The Balaban J connectivity index is 2.65. The van der Waals surface area contributed by atoms with E-state index in [2.05, 4.69) is 5.32 Å². The van der Waals surface area contributed by atoms with Crippen LogP contribution in [0.5, 0.6) is 0 Å². The number of hydrogen-bond acceptors (Lipinski definition) is 4. The second kappa shape index (κ2) is 6.69. The normalized spacial score (nSPS) is 27.6. The van der Waals surface area contributed by atoms with Crippen molar-refractivity contribution < 1.29 is 19.5 Å². The molecule has 1 aliphatic carbocycles. The molecular formula is C13H23N3O4. The van der Waals surface area contributed by atoms with Gasteiger partial charge >= 0.3 is 5.97 Å². The number of aliphatic carboxylic acids is 1. The van der Waals surface area contributed by atoms with E-state index in [0.29, 0.717) is 18.8 Å². The van der Waals surface area contributed by atoms with Crippen molar-refractivity contribution in [1.29, 1.82) is 0 Å². The van der Waals surface area contributed by atoms with Crippen LogP contribution < -0.4 is 16.8 Å². The van der Waals surface area contributed by atoms with E-state index in [4.69, 9.17) is 16.6 Å². The SMILES string of the molecule is CC1CCCC(N)(C(=O)N[C@H](CCC(N)=O)C(=O)O)C1. The average molecular weight is 285 g/mol. The number of amides is 2. The Labute approximate surface area is 118 Å². The zero-order valence-electron chi connectivity index (χ0n) is 11.7. The molecule has 0 aromatic rings. The van der Waals surface area contributed by atoms with Gasteiger partial charge in [-0.15, -0.1) is 0 Å². The molecule has 2 amide bonds. The van der Waals surface area contributed by atoms with E-state index in [1.165, 1.54) is 0 Å². The van der Waals surface area contributed by atoms with Crippen LogP contribution >= 0.6 is 0 Å². The summed E-state index contributed by atoms with van der Waals surface area (Å²) in [5, 5.41) is 11.5. The topological polar surface area (TPSA) is 136 Å². The first-order chi connectivity index (χ1) is 9.24. The highest BCUT2D eigenvalue weighted by atomic mass is 16.4. The molecule has 1 fully saturated rings. The minimum Gasteiger partial charge on any atom is -0.480 e. The van der Waals surface area contributed by atoms with E-state index in [0.717, 1.165) is 12.8 Å². The average Bonchev–Trinajstić information content (AvgIpc) is 2.33. The maximum Gasteiger partial charge on any atom is 0.326 e. The Bertz CT molecular complexity index is 399. The lowest BCUT2D eigenvalue weighted by molar-refractivity contribution is -0.143. The van der Waals surface area contributed by atoms with Gasteiger partial charge in [0.15, 0.2) is 0 Å². The highest BCUT2D eigenvalue weighted by Crippen LogP contribution is 2.30. The summed E-state index contributed by atoms with van der Waals surface area (Å²) in [6.45, 7) is 2.02. The smallest absolute Gasteiger partial charge is 0.326 e. The molecule has 7 heteroatoms. The first kappa shape index (κ1) is 16.4. The predicted molar refractivity (Wildman–Crippen MR) is 72.5 cm³/mol. The Kier molecular flexibility index (Phi) is 5.50. The summed E-state index contributed by atoms with van der Waals surface area (Å²) in [6.07, 6.45) is 2.85. The number of primary amides is 1. The predicted octanol–water partition coefficient (Wildman–Crippen LogP) is -0.271. The van der Waals surface area contributed by atoms with Crippen LogP contribution in [0.2, 0.25) is 0 Å². The summed E-state index contributed by atoms with van der Waals surface area (Å²) in [6, 6.07) is -1.13. The van der Waals surface area contributed by atoms with Crippen LogP contribution in [0.25, 0.3) is 0 Å². The van der Waals surface area contributed by atoms with Gasteiger partial charge in [-0.2, -0.15) is 0 Å². The van der Waals surface area contributed by atoms with Crippen LogP contribution in [0.3, 0.4) is 0 Å². The molecule has 0 aliphatic heterocycles. The monoisotopic (exact) mass is 285 g/mol. The van der Waals surface area contributed by atoms with Gasteiger partial charge in [0.1, 0.15) is 6.04 Å². The highest BCUT2D eigenvalue weighted by Gasteiger charge is 2.39. The first-order valence-electron chi connectivity index (χ1n) is 6.85. The van der Waals surface area contributed by atoms with E-state index >= 15 is 0 Å². The van der Waals surface area contributed by atoms with Crippen molar-refractivity contribution in [3.63, 3.8) is 0 Å². The van der Waals surface area contributed by atoms with Crippen LogP contribution in [0.15, 0.2) is 0 Å². The number of carboxylic acid groups (broad SMARTS) is 1. The summed E-state index contributed by atoms with van der Waals surface area (Å²) < 4.78 is 0. The fourth-order valence-electron chi connectivity index (χ4n) is 2.64. The van der Waals surface area contributed by atoms with Crippen molar-refractivity contribution in [2.24, 2.45) is 17.4 Å². The molecule has 1 aliphatic rings. The van der Waals surface area contributed by atoms with Gasteiger partial charge in [0, 0.05) is 6.42 Å². The van der Waals surface area contributed by atoms with Crippen molar-refractivity contribution in [3.8, 4) is 0 Å². The van der Waals surface area contributed by atoms with Crippen LogP contribution in [-0.4, -0.2) is 34.5 Å². The standard InChI is InChI=1S/C13H23N3O4/c1-8-3-2-6-13(15,7-8)12(20)16-9(11(18)19)4-5-10(14)17/h8-9H,2-7,15H2,1H3,(H2,14,17)(H,16,20)(H,18,19)/t8?,9-,13?/m1/s1. The molecule has 0 aromatic heterocycles. The Morgan fingerprint density at radius 2 is 2.10 bits per heavy atom. The van der Waals surface area contributed by atoms with Gasteiger partial charge in [-0.3, -0.25) is 9.59 Å². The molecule has 0 bridgehead atoms. The van der Waals surface area contributed by atoms with Crippen molar-refractivity contribution in [1.82, 2.24) is 5.32 Å². The van der Waals surface area contributed by atoms with E-state index in [1.54, 1.807) is 0 Å². The lowest BCUT2D eigenvalue weighted by Gasteiger charge is -2.36. The van der Waals surface area contributed by atoms with Gasteiger partial charge in [-0.1, -0.05) is 19.8 Å². The summed E-state index contributed by atoms with van der Waals surface area (Å²) in [5.41, 5.74) is 10.1. The lowest BCUT2D eigenvalue weighted by atomic mass is 9.76. The maximum absolute atomic E-state index is 12.2. The lowest BCUT2D eigenvalue weighted by Crippen LogP contribution is -2.59. The van der Waals surface area contributed by atoms with Gasteiger partial charge in [0.25, 0.3) is 0 Å². The minimum absolute atomic E-state index is 0.0258. The molecule has 6 N–H and O–H groups in total. The molecular weight excluding hydrogens is 262 g/mol. The number of carboxylic acids is 1. The summed E-state index contributed by atoms with van der Waals surface area (Å²) in [5.74, 6) is -1.90. The van der Waals surface area contributed by atoms with Crippen molar-refractivity contribution >= 4 is 17.8 Å². The van der Waals surface area contributed by atoms with Crippen LogP contribution in [0.1, 0.15) is 45.4 Å². The number of nitrogens with one attached hydrogen (secondary N) is 1. The van der Waals surface area contributed by atoms with E-state index in [-0.39, 0.29) is 12.8 Å². The van der Waals surface area contributed by atoms with Crippen molar-refractivity contribution in [2.75, 3.05) is 0 Å². The number of rotatable bonds is 6. The molecule has 0 radical (unpaired) electrons. The molecule has 3 atom stereocenters. The molecule has 2 unspecified atom stereocenters. The van der Waals surface area contributed by atoms with Gasteiger partial charge < -0.3 is 21.9 Å². The fraction of sp³-hybridized carbons (Fsp3) is 0.769. The molecule has 7 nitrogen and oxygen atoms in total. The van der Waals surface area contributed by atoms with E-state index in [1.807, 2.05) is 6.92 Å². The summed E-state index contributed by atoms with van der Waals surface area (Å²) in [4.78, 5) is 34.0. The molecule has 20 heavy (non-hydrogen) atoms. The van der Waals surface area contributed by atoms with Gasteiger partial charge in [0.2, 0.25) is 11.8 Å². The van der Waals surface area contributed by atoms with Crippen molar-refractivity contribution in [3.05, 3.63) is 0 Å². The van der Waals surface area contributed by atoms with E-state index in [9.17, 15) is 14.4 Å². The van der Waals surface area contributed by atoms with Crippen LogP contribution in [-0.2, 0) is 14.4 Å². The van der Waals surface area contributed by atoms with Crippen molar-refractivity contribution in [2.45, 2.75) is 57.0 Å². The Hall–Kier alpha value is -1.63. The molecule has 114 valence electrons. The molecule has 0 aromatic carbocycles. The summed E-state index contributed by atoms with van der Waals surface area (Å²) >= 11 is 0. The largest absolute Gasteiger partial charge is 0.480 e. The van der Waals surface area contributed by atoms with Gasteiger partial charge in [-0.25, -0.2) is 4.79 Å². The number of carbonyl (C=O) groups is 3. The molecule has 0 heterocycles. The Morgan fingerprint density at radius 1 is 1.45 bits per heavy atom. The second-order valence-electron chi connectivity index (χ2n) is 5.73.